The summed E-state index contributed by atoms with van der Waals surface area (Å²) in [5.41, 5.74) is 2.48. The van der Waals surface area contributed by atoms with E-state index < -0.39 is 0 Å². The van der Waals surface area contributed by atoms with Crippen LogP contribution in [0.4, 0.5) is 5.69 Å². The monoisotopic (exact) mass is 295 g/mol. The highest BCUT2D eigenvalue weighted by atomic mass is 16.6. The van der Waals surface area contributed by atoms with E-state index in [0.29, 0.717) is 39.6 Å². The zero-order valence-corrected chi connectivity index (χ0v) is 12.7. The Bertz CT molecular complexity index is 411. The molecular formula is C16H25NO4. The van der Waals surface area contributed by atoms with Crippen LogP contribution in [0.15, 0.2) is 18.2 Å². The summed E-state index contributed by atoms with van der Waals surface area (Å²) in [7, 11) is 1.66. The molecule has 1 aromatic carbocycles. The highest BCUT2D eigenvalue weighted by molar-refractivity contribution is 5.59. The third-order valence-corrected chi connectivity index (χ3v) is 3.34. The summed E-state index contributed by atoms with van der Waals surface area (Å²) in [6.07, 6.45) is 2.23. The lowest BCUT2D eigenvalue weighted by molar-refractivity contribution is 0.0179. The molecular weight excluding hydrogens is 270 g/mol. The van der Waals surface area contributed by atoms with Crippen molar-refractivity contribution in [3.05, 3.63) is 23.8 Å². The van der Waals surface area contributed by atoms with Gasteiger partial charge in [0.15, 0.2) is 0 Å². The first-order valence-corrected chi connectivity index (χ1v) is 7.55. The molecule has 5 nitrogen and oxygen atoms in total. The van der Waals surface area contributed by atoms with Gasteiger partial charge >= 0.3 is 0 Å². The predicted molar refractivity (Wildman–Crippen MR) is 82.3 cm³/mol. The quantitative estimate of drug-likeness (QED) is 0.670. The third-order valence-electron chi connectivity index (χ3n) is 3.34. The molecule has 1 N–H and O–H groups in total. The second-order valence-corrected chi connectivity index (χ2v) is 4.88. The highest BCUT2D eigenvalue weighted by Crippen LogP contribution is 2.30. The van der Waals surface area contributed by atoms with Gasteiger partial charge in [0.25, 0.3) is 0 Å². The Morgan fingerprint density at radius 2 is 1.76 bits per heavy atom. The molecule has 0 unspecified atom stereocenters. The van der Waals surface area contributed by atoms with E-state index in [1.54, 1.807) is 7.11 Å². The van der Waals surface area contributed by atoms with Gasteiger partial charge in [0.2, 0.25) is 0 Å². The lowest BCUT2D eigenvalue weighted by atomic mass is 10.0. The van der Waals surface area contributed by atoms with E-state index in [-0.39, 0.29) is 0 Å². The second kappa shape index (κ2) is 9.60. The molecule has 1 heterocycles. The summed E-state index contributed by atoms with van der Waals surface area (Å²) >= 11 is 0. The van der Waals surface area contributed by atoms with E-state index in [0.717, 1.165) is 25.1 Å². The molecule has 0 saturated heterocycles. The van der Waals surface area contributed by atoms with Crippen LogP contribution < -0.4 is 10.1 Å². The molecule has 1 aromatic rings. The molecule has 0 aliphatic carbocycles. The smallest absolute Gasteiger partial charge is 0.124 e. The van der Waals surface area contributed by atoms with Crippen LogP contribution in [-0.2, 0) is 20.6 Å². The van der Waals surface area contributed by atoms with E-state index in [1.807, 2.05) is 12.1 Å². The number of rotatable bonds is 10. The Morgan fingerprint density at radius 1 is 1.00 bits per heavy atom. The second-order valence-electron chi connectivity index (χ2n) is 4.88. The maximum absolute atomic E-state index is 5.82. The summed E-state index contributed by atoms with van der Waals surface area (Å²) in [5, 5.41) is 3.40. The SMILES string of the molecule is COCCOCCOCCOc1cccc2c1CCCN2. The summed E-state index contributed by atoms with van der Waals surface area (Å²) in [5.74, 6) is 0.972. The molecule has 0 spiro atoms. The van der Waals surface area contributed by atoms with Crippen LogP contribution in [0.5, 0.6) is 5.75 Å². The molecule has 0 fully saturated rings. The van der Waals surface area contributed by atoms with Crippen molar-refractivity contribution in [3.63, 3.8) is 0 Å². The first kappa shape index (κ1) is 16.1. The lowest BCUT2D eigenvalue weighted by Crippen LogP contribution is -2.15. The molecule has 0 bridgehead atoms. The molecule has 0 atom stereocenters. The van der Waals surface area contributed by atoms with E-state index in [4.69, 9.17) is 18.9 Å². The largest absolute Gasteiger partial charge is 0.491 e. The van der Waals surface area contributed by atoms with E-state index in [2.05, 4.69) is 11.4 Å². The Kier molecular flexibility index (Phi) is 7.35. The number of anilines is 1. The Labute approximate surface area is 126 Å². The number of hydrogen-bond donors (Lipinski definition) is 1. The van der Waals surface area contributed by atoms with E-state index in [9.17, 15) is 0 Å². The van der Waals surface area contributed by atoms with Gasteiger partial charge in [0, 0.05) is 24.9 Å². The van der Waals surface area contributed by atoms with Gasteiger partial charge in [-0.3, -0.25) is 0 Å². The molecule has 0 radical (unpaired) electrons. The minimum absolute atomic E-state index is 0.564. The van der Waals surface area contributed by atoms with Crippen molar-refractivity contribution in [2.24, 2.45) is 0 Å². The average molecular weight is 295 g/mol. The Balaban J connectivity index is 1.59. The van der Waals surface area contributed by atoms with Gasteiger partial charge in [-0.05, 0) is 25.0 Å². The van der Waals surface area contributed by atoms with Crippen LogP contribution in [0.25, 0.3) is 0 Å². The van der Waals surface area contributed by atoms with Crippen molar-refractivity contribution < 1.29 is 18.9 Å². The highest BCUT2D eigenvalue weighted by Gasteiger charge is 2.12. The summed E-state index contributed by atoms with van der Waals surface area (Å²) in [6.45, 7) is 4.59. The standard InChI is InChI=1S/C16H25NO4/c1-18-8-9-19-10-11-20-12-13-21-16-6-2-5-15-14(16)4-3-7-17-15/h2,5-6,17H,3-4,7-13H2,1H3. The summed E-state index contributed by atoms with van der Waals surface area (Å²) in [6, 6.07) is 6.16. The molecule has 1 aliphatic heterocycles. The molecule has 118 valence electrons. The molecule has 0 saturated carbocycles. The Morgan fingerprint density at radius 3 is 2.57 bits per heavy atom. The fraction of sp³-hybridized carbons (Fsp3) is 0.625. The van der Waals surface area contributed by atoms with Crippen molar-refractivity contribution >= 4 is 5.69 Å². The van der Waals surface area contributed by atoms with Gasteiger partial charge in [-0.1, -0.05) is 6.07 Å². The van der Waals surface area contributed by atoms with Gasteiger partial charge in [0.1, 0.15) is 12.4 Å². The minimum Gasteiger partial charge on any atom is -0.491 e. The van der Waals surface area contributed by atoms with Gasteiger partial charge in [-0.25, -0.2) is 0 Å². The first-order chi connectivity index (χ1) is 10.4. The molecule has 0 amide bonds. The molecule has 21 heavy (non-hydrogen) atoms. The maximum Gasteiger partial charge on any atom is 0.124 e. The van der Waals surface area contributed by atoms with Crippen molar-refractivity contribution in [2.75, 3.05) is 58.6 Å². The van der Waals surface area contributed by atoms with Crippen LogP contribution in [0.2, 0.25) is 0 Å². The number of ether oxygens (including phenoxy) is 4. The number of fused-ring (bicyclic) bond motifs is 1. The fourth-order valence-corrected chi connectivity index (χ4v) is 2.29. The number of methoxy groups -OCH3 is 1. The zero-order chi connectivity index (χ0) is 14.8. The summed E-state index contributed by atoms with van der Waals surface area (Å²) in [4.78, 5) is 0. The number of benzene rings is 1. The average Bonchev–Trinajstić information content (AvgIpc) is 2.53. The van der Waals surface area contributed by atoms with Crippen LogP contribution >= 0.6 is 0 Å². The minimum atomic E-state index is 0.564. The van der Waals surface area contributed by atoms with Crippen molar-refractivity contribution in [2.45, 2.75) is 12.8 Å². The number of nitrogens with one attached hydrogen (secondary N) is 1. The van der Waals surface area contributed by atoms with E-state index in [1.165, 1.54) is 11.3 Å². The third kappa shape index (κ3) is 5.53. The first-order valence-electron chi connectivity index (χ1n) is 7.55. The van der Waals surface area contributed by atoms with E-state index >= 15 is 0 Å². The van der Waals surface area contributed by atoms with Crippen LogP contribution in [0, 0.1) is 0 Å². The molecule has 2 rings (SSSR count). The van der Waals surface area contributed by atoms with Gasteiger partial charge in [-0.2, -0.15) is 0 Å². The van der Waals surface area contributed by atoms with Crippen molar-refractivity contribution in [1.82, 2.24) is 0 Å². The van der Waals surface area contributed by atoms with Gasteiger partial charge < -0.3 is 24.3 Å². The topological polar surface area (TPSA) is 49.0 Å². The van der Waals surface area contributed by atoms with Crippen molar-refractivity contribution in [3.8, 4) is 5.75 Å². The van der Waals surface area contributed by atoms with Crippen LogP contribution in [0.1, 0.15) is 12.0 Å². The van der Waals surface area contributed by atoms with Crippen LogP contribution in [-0.4, -0.2) is 53.3 Å². The zero-order valence-electron chi connectivity index (χ0n) is 12.7. The lowest BCUT2D eigenvalue weighted by Gasteiger charge is -2.20. The maximum atomic E-state index is 5.82. The molecule has 1 aliphatic rings. The molecule has 5 heteroatoms. The van der Waals surface area contributed by atoms with Crippen molar-refractivity contribution in [1.29, 1.82) is 0 Å². The van der Waals surface area contributed by atoms with Crippen LogP contribution in [0.3, 0.4) is 0 Å². The predicted octanol–water partition coefficient (Wildman–Crippen LogP) is 2.10. The normalized spacial score (nSPS) is 13.6. The van der Waals surface area contributed by atoms with Gasteiger partial charge in [-0.15, -0.1) is 0 Å². The summed E-state index contributed by atoms with van der Waals surface area (Å²) < 4.78 is 21.5. The number of hydrogen-bond acceptors (Lipinski definition) is 5. The molecule has 0 aromatic heterocycles. The Hall–Kier alpha value is -1.30. The van der Waals surface area contributed by atoms with Gasteiger partial charge in [0.05, 0.1) is 33.0 Å². The fourth-order valence-electron chi connectivity index (χ4n) is 2.29.